The van der Waals surface area contributed by atoms with E-state index in [1.54, 1.807) is 24.3 Å². The number of fused-ring (bicyclic) bond motifs is 2. The molecule has 0 aliphatic carbocycles. The number of para-hydroxylation sites is 1. The maximum Gasteiger partial charge on any atom is 0.323 e. The molecule has 0 bridgehead atoms. The van der Waals surface area contributed by atoms with Gasteiger partial charge in [0, 0.05) is 17.1 Å². The van der Waals surface area contributed by atoms with Gasteiger partial charge in [0.15, 0.2) is 6.61 Å². The molecule has 12 heteroatoms. The predicted octanol–water partition coefficient (Wildman–Crippen LogP) is 0.601. The minimum absolute atomic E-state index is 0.00415. The van der Waals surface area contributed by atoms with Gasteiger partial charge in [-0.25, -0.2) is 8.42 Å². The van der Waals surface area contributed by atoms with E-state index in [9.17, 15) is 22.8 Å². The van der Waals surface area contributed by atoms with Crippen LogP contribution in [0.5, 0.6) is 5.75 Å². The van der Waals surface area contributed by atoms with Crippen molar-refractivity contribution in [1.82, 2.24) is 15.2 Å². The van der Waals surface area contributed by atoms with Gasteiger partial charge in [-0.1, -0.05) is 18.2 Å². The first-order valence-corrected chi connectivity index (χ1v) is 10.4. The van der Waals surface area contributed by atoms with Crippen LogP contribution in [0.25, 0.3) is 10.9 Å². The second-order valence-electron chi connectivity index (χ2n) is 6.60. The molecule has 0 radical (unpaired) electrons. The Kier molecular flexibility index (Phi) is 5.09. The van der Waals surface area contributed by atoms with Crippen LogP contribution in [0.1, 0.15) is 10.4 Å². The number of aromatic amines is 1. The standard InChI is InChI=1S/C19H16N4O7S/c24-17-10-30-16-6-5-11(7-15(16)23(17)9-18(25)26)31(28,29)22-21-19(27)13-8-20-14-4-2-1-3-12(13)14/h1-8,20,22H,9-10H2,(H,21,27)(H,25,26). The van der Waals surface area contributed by atoms with Crippen LogP contribution in [0.15, 0.2) is 53.6 Å². The second kappa shape index (κ2) is 7.74. The summed E-state index contributed by atoms with van der Waals surface area (Å²) in [5, 5.41) is 9.65. The van der Waals surface area contributed by atoms with Crippen LogP contribution in [-0.2, 0) is 19.6 Å². The number of amides is 2. The molecule has 31 heavy (non-hydrogen) atoms. The molecule has 1 aliphatic heterocycles. The first kappa shape index (κ1) is 20.4. The number of carboxylic acid groups (broad SMARTS) is 1. The number of aliphatic carboxylic acids is 1. The molecule has 4 N–H and O–H groups in total. The van der Waals surface area contributed by atoms with E-state index in [0.29, 0.717) is 10.9 Å². The Morgan fingerprint density at radius 1 is 1.19 bits per heavy atom. The van der Waals surface area contributed by atoms with Gasteiger partial charge in [-0.05, 0) is 24.3 Å². The zero-order valence-electron chi connectivity index (χ0n) is 15.8. The van der Waals surface area contributed by atoms with E-state index < -0.39 is 34.4 Å². The third kappa shape index (κ3) is 3.93. The number of nitrogens with zero attached hydrogens (tertiary/aromatic N) is 1. The average Bonchev–Trinajstić information content (AvgIpc) is 3.18. The summed E-state index contributed by atoms with van der Waals surface area (Å²) in [5.41, 5.74) is 3.11. The van der Waals surface area contributed by atoms with Crippen molar-refractivity contribution in [3.8, 4) is 5.75 Å². The third-order valence-electron chi connectivity index (χ3n) is 4.61. The number of carboxylic acids is 1. The minimum atomic E-state index is -4.24. The summed E-state index contributed by atoms with van der Waals surface area (Å²) in [5.74, 6) is -2.39. The third-order valence-corrected chi connectivity index (χ3v) is 5.86. The molecular formula is C19H16N4O7S. The van der Waals surface area contributed by atoms with E-state index in [2.05, 4.69) is 10.4 Å². The Morgan fingerprint density at radius 3 is 2.74 bits per heavy atom. The highest BCUT2D eigenvalue weighted by Crippen LogP contribution is 2.34. The normalized spacial score (nSPS) is 13.5. The molecule has 0 fully saturated rings. The fraction of sp³-hybridized carbons (Fsp3) is 0.105. The monoisotopic (exact) mass is 444 g/mol. The number of rotatable bonds is 6. The van der Waals surface area contributed by atoms with Gasteiger partial charge in [-0.3, -0.25) is 24.7 Å². The fourth-order valence-electron chi connectivity index (χ4n) is 3.16. The van der Waals surface area contributed by atoms with E-state index in [4.69, 9.17) is 9.84 Å². The molecule has 2 amide bonds. The molecule has 0 saturated heterocycles. The molecule has 1 aromatic heterocycles. The number of hydrogen-bond acceptors (Lipinski definition) is 6. The Hall–Kier alpha value is -3.90. The number of anilines is 1. The largest absolute Gasteiger partial charge is 0.482 e. The molecule has 160 valence electrons. The number of carbonyl (C=O) groups is 3. The highest BCUT2D eigenvalue weighted by atomic mass is 32.2. The Morgan fingerprint density at radius 2 is 1.97 bits per heavy atom. The van der Waals surface area contributed by atoms with E-state index in [1.165, 1.54) is 18.3 Å². The summed E-state index contributed by atoms with van der Waals surface area (Å²) < 4.78 is 30.6. The Labute approximate surface area is 175 Å². The van der Waals surface area contributed by atoms with Crippen molar-refractivity contribution < 1.29 is 32.6 Å². The highest BCUT2D eigenvalue weighted by Gasteiger charge is 2.29. The summed E-state index contributed by atoms with van der Waals surface area (Å²) >= 11 is 0. The van der Waals surface area contributed by atoms with Crippen molar-refractivity contribution in [3.05, 3.63) is 54.2 Å². The van der Waals surface area contributed by atoms with Crippen LogP contribution in [-0.4, -0.2) is 49.4 Å². The first-order chi connectivity index (χ1) is 14.8. The lowest BCUT2D eigenvalue weighted by Crippen LogP contribution is -2.43. The topological polar surface area (TPSA) is 158 Å². The van der Waals surface area contributed by atoms with Gasteiger partial charge in [-0.2, -0.15) is 0 Å². The number of ether oxygens (including phenoxy) is 1. The number of aromatic nitrogens is 1. The number of nitrogens with one attached hydrogen (secondary N) is 3. The molecule has 0 spiro atoms. The van der Waals surface area contributed by atoms with Gasteiger partial charge in [0.2, 0.25) is 0 Å². The molecule has 2 aromatic carbocycles. The lowest BCUT2D eigenvalue weighted by atomic mass is 10.2. The molecule has 2 heterocycles. The summed E-state index contributed by atoms with van der Waals surface area (Å²) in [6, 6.07) is 10.7. The molecule has 1 aliphatic rings. The number of carbonyl (C=O) groups excluding carboxylic acids is 2. The first-order valence-electron chi connectivity index (χ1n) is 8.93. The maximum absolute atomic E-state index is 12.7. The SMILES string of the molecule is O=C(O)CN1C(=O)COc2ccc(S(=O)(=O)NNC(=O)c3c[nH]c4ccccc34)cc21. The zero-order valence-corrected chi connectivity index (χ0v) is 16.6. The smallest absolute Gasteiger partial charge is 0.323 e. The van der Waals surface area contributed by atoms with Gasteiger partial charge >= 0.3 is 5.97 Å². The van der Waals surface area contributed by atoms with Crippen molar-refractivity contribution in [2.24, 2.45) is 0 Å². The van der Waals surface area contributed by atoms with Crippen LogP contribution in [0.2, 0.25) is 0 Å². The summed E-state index contributed by atoms with van der Waals surface area (Å²) in [7, 11) is -4.24. The minimum Gasteiger partial charge on any atom is -0.482 e. The van der Waals surface area contributed by atoms with Gasteiger partial charge in [0.1, 0.15) is 12.3 Å². The lowest BCUT2D eigenvalue weighted by molar-refractivity contribution is -0.137. The molecule has 0 unspecified atom stereocenters. The van der Waals surface area contributed by atoms with E-state index in [1.807, 2.05) is 4.83 Å². The van der Waals surface area contributed by atoms with Crippen LogP contribution < -0.4 is 19.9 Å². The molecule has 0 saturated carbocycles. The van der Waals surface area contributed by atoms with E-state index in [0.717, 1.165) is 11.0 Å². The van der Waals surface area contributed by atoms with Gasteiger partial charge in [-0.15, -0.1) is 4.83 Å². The van der Waals surface area contributed by atoms with Crippen LogP contribution >= 0.6 is 0 Å². The highest BCUT2D eigenvalue weighted by molar-refractivity contribution is 7.89. The molecule has 0 atom stereocenters. The Bertz CT molecular complexity index is 1320. The average molecular weight is 444 g/mol. The molecule has 4 rings (SSSR count). The van der Waals surface area contributed by atoms with Gasteiger partial charge < -0.3 is 14.8 Å². The summed E-state index contributed by atoms with van der Waals surface area (Å²) in [4.78, 5) is 41.1. The van der Waals surface area contributed by atoms with Crippen LogP contribution in [0, 0.1) is 0 Å². The molecular weight excluding hydrogens is 428 g/mol. The van der Waals surface area contributed by atoms with E-state index >= 15 is 0 Å². The van der Waals surface area contributed by atoms with Crippen molar-refractivity contribution in [1.29, 1.82) is 0 Å². The van der Waals surface area contributed by atoms with Crippen LogP contribution in [0.3, 0.4) is 0 Å². The number of sulfonamides is 1. The summed E-state index contributed by atoms with van der Waals surface area (Å²) in [6.45, 7) is -1.01. The van der Waals surface area contributed by atoms with Crippen molar-refractivity contribution in [2.45, 2.75) is 4.90 Å². The zero-order chi connectivity index (χ0) is 22.2. The van der Waals surface area contributed by atoms with E-state index in [-0.39, 0.29) is 28.5 Å². The van der Waals surface area contributed by atoms with Crippen LogP contribution in [0.4, 0.5) is 5.69 Å². The quantitative estimate of drug-likeness (QED) is 0.405. The fourth-order valence-corrected chi connectivity index (χ4v) is 4.02. The summed E-state index contributed by atoms with van der Waals surface area (Å²) in [6.07, 6.45) is 1.46. The number of benzene rings is 2. The number of H-pyrrole nitrogens is 1. The van der Waals surface area contributed by atoms with Gasteiger partial charge in [0.05, 0.1) is 16.1 Å². The molecule has 11 nitrogen and oxygen atoms in total. The van der Waals surface area contributed by atoms with Crippen molar-refractivity contribution in [2.75, 3.05) is 18.1 Å². The number of hydrazine groups is 1. The lowest BCUT2D eigenvalue weighted by Gasteiger charge is -2.28. The Balaban J connectivity index is 1.56. The van der Waals surface area contributed by atoms with Gasteiger partial charge in [0.25, 0.3) is 21.8 Å². The number of hydrogen-bond donors (Lipinski definition) is 4. The van der Waals surface area contributed by atoms with Crippen molar-refractivity contribution >= 4 is 44.4 Å². The predicted molar refractivity (Wildman–Crippen MR) is 108 cm³/mol. The molecule has 3 aromatic rings. The second-order valence-corrected chi connectivity index (χ2v) is 8.28. The maximum atomic E-state index is 12.7. The van der Waals surface area contributed by atoms with Crippen molar-refractivity contribution in [3.63, 3.8) is 0 Å².